The molecule has 33 heavy (non-hydrogen) atoms. The number of benzene rings is 2. The number of thiophene rings is 1. The van der Waals surface area contributed by atoms with Crippen LogP contribution >= 0.6 is 11.3 Å². The third-order valence-electron chi connectivity index (χ3n) is 5.87. The highest BCUT2D eigenvalue weighted by molar-refractivity contribution is 7.22. The number of aromatic nitrogens is 2. The summed E-state index contributed by atoms with van der Waals surface area (Å²) in [7, 11) is 2.09. The van der Waals surface area contributed by atoms with E-state index in [4.69, 9.17) is 0 Å². The van der Waals surface area contributed by atoms with E-state index in [-0.39, 0.29) is 11.7 Å². The van der Waals surface area contributed by atoms with Gasteiger partial charge in [0.15, 0.2) is 5.82 Å². The molecule has 1 aliphatic heterocycles. The van der Waals surface area contributed by atoms with Crippen LogP contribution in [-0.4, -0.2) is 64.0 Å². The molecule has 5 rings (SSSR count). The second-order valence-corrected chi connectivity index (χ2v) is 9.33. The Balaban J connectivity index is 1.32. The molecule has 2 aromatic carbocycles. The number of hydrogen-bond acceptors (Lipinski definition) is 7. The van der Waals surface area contributed by atoms with Gasteiger partial charge in [-0.05, 0) is 36.4 Å². The maximum Gasteiger partial charge on any atom is 0.227 e. The van der Waals surface area contributed by atoms with Crippen LogP contribution in [0.15, 0.2) is 60.9 Å². The van der Waals surface area contributed by atoms with E-state index < -0.39 is 0 Å². The van der Waals surface area contributed by atoms with Gasteiger partial charge >= 0.3 is 0 Å². The number of piperazine rings is 1. The van der Waals surface area contributed by atoms with E-state index in [1.807, 2.05) is 23.1 Å². The standard InChI is InChI=1S/C25H25N5O2S/c1-29-9-11-30(12-10-29)23(32)13-17-5-7-18(8-6-17)22-15-21-24(33-22)25(27-16-26-21)28-19-3-2-4-20(31)14-19/h2-8,14-16,31H,9-13H2,1H3,(H,26,27,28). The smallest absolute Gasteiger partial charge is 0.227 e. The Bertz CT molecular complexity index is 1280. The quantitative estimate of drug-likeness (QED) is 0.467. The van der Waals surface area contributed by atoms with Crippen molar-refractivity contribution in [1.82, 2.24) is 19.8 Å². The fourth-order valence-electron chi connectivity index (χ4n) is 3.94. The van der Waals surface area contributed by atoms with Gasteiger partial charge in [0.1, 0.15) is 12.1 Å². The predicted molar refractivity (Wildman–Crippen MR) is 132 cm³/mol. The molecule has 168 valence electrons. The molecule has 2 N–H and O–H groups in total. The summed E-state index contributed by atoms with van der Waals surface area (Å²) < 4.78 is 0.949. The third-order valence-corrected chi connectivity index (χ3v) is 7.05. The van der Waals surface area contributed by atoms with Gasteiger partial charge in [-0.15, -0.1) is 11.3 Å². The minimum atomic E-state index is 0.190. The van der Waals surface area contributed by atoms with Crippen LogP contribution in [0.2, 0.25) is 0 Å². The summed E-state index contributed by atoms with van der Waals surface area (Å²) in [6.45, 7) is 3.47. The monoisotopic (exact) mass is 459 g/mol. The van der Waals surface area contributed by atoms with Crippen molar-refractivity contribution in [1.29, 1.82) is 0 Å². The van der Waals surface area contributed by atoms with Gasteiger partial charge in [-0.25, -0.2) is 9.97 Å². The van der Waals surface area contributed by atoms with Gasteiger partial charge in [0.05, 0.1) is 16.6 Å². The van der Waals surface area contributed by atoms with E-state index >= 15 is 0 Å². The largest absolute Gasteiger partial charge is 0.508 e. The van der Waals surface area contributed by atoms with E-state index in [0.717, 1.165) is 58.1 Å². The first-order valence-electron chi connectivity index (χ1n) is 10.9. The Morgan fingerprint density at radius 2 is 1.85 bits per heavy atom. The molecule has 8 heteroatoms. The molecule has 0 radical (unpaired) electrons. The summed E-state index contributed by atoms with van der Waals surface area (Å²) in [5.41, 5.74) is 3.73. The fraction of sp³-hybridized carbons (Fsp3) is 0.240. The Morgan fingerprint density at radius 3 is 2.61 bits per heavy atom. The topological polar surface area (TPSA) is 81.6 Å². The Labute approximate surface area is 196 Å². The molecule has 1 aliphatic rings. The predicted octanol–water partition coefficient (Wildman–Crippen LogP) is 4.12. The van der Waals surface area contributed by atoms with Crippen molar-refractivity contribution in [2.24, 2.45) is 0 Å². The molecule has 0 bridgehead atoms. The molecule has 7 nitrogen and oxygen atoms in total. The second kappa shape index (κ2) is 9.17. The number of carbonyl (C=O) groups is 1. The number of nitrogens with one attached hydrogen (secondary N) is 1. The summed E-state index contributed by atoms with van der Waals surface area (Å²) in [6, 6.07) is 17.2. The molecule has 0 aliphatic carbocycles. The molecule has 4 aromatic rings. The van der Waals surface area contributed by atoms with Crippen LogP contribution in [0.1, 0.15) is 5.56 Å². The summed E-state index contributed by atoms with van der Waals surface area (Å²) >= 11 is 1.61. The van der Waals surface area contributed by atoms with Crippen LogP contribution in [0.25, 0.3) is 20.7 Å². The number of fused-ring (bicyclic) bond motifs is 1. The second-order valence-electron chi connectivity index (χ2n) is 8.28. The zero-order valence-corrected chi connectivity index (χ0v) is 19.2. The van der Waals surface area contributed by atoms with Crippen molar-refractivity contribution in [2.45, 2.75) is 6.42 Å². The van der Waals surface area contributed by atoms with E-state index in [9.17, 15) is 9.90 Å². The molecule has 0 spiro atoms. The minimum absolute atomic E-state index is 0.190. The Morgan fingerprint density at radius 1 is 1.06 bits per heavy atom. The number of phenolic OH excluding ortho intramolecular Hbond substituents is 1. The van der Waals surface area contributed by atoms with Gasteiger partial charge < -0.3 is 20.2 Å². The zero-order valence-electron chi connectivity index (χ0n) is 18.4. The van der Waals surface area contributed by atoms with Crippen molar-refractivity contribution in [3.8, 4) is 16.2 Å². The number of carbonyl (C=O) groups excluding carboxylic acids is 1. The fourth-order valence-corrected chi connectivity index (χ4v) is 5.00. The highest BCUT2D eigenvalue weighted by atomic mass is 32.1. The third kappa shape index (κ3) is 4.81. The minimum Gasteiger partial charge on any atom is -0.508 e. The number of likely N-dealkylation sites (N-methyl/N-ethyl adjacent to an activating group) is 1. The zero-order chi connectivity index (χ0) is 22.8. The Hall–Kier alpha value is -3.49. The molecule has 3 heterocycles. The van der Waals surface area contributed by atoms with Crippen LogP contribution in [0.3, 0.4) is 0 Å². The Kier molecular flexibility index (Phi) is 5.93. The van der Waals surface area contributed by atoms with E-state index in [2.05, 4.69) is 45.4 Å². The lowest BCUT2D eigenvalue weighted by Crippen LogP contribution is -2.47. The lowest BCUT2D eigenvalue weighted by Gasteiger charge is -2.32. The van der Waals surface area contributed by atoms with Gasteiger partial charge in [0, 0.05) is 42.8 Å². The molecule has 0 atom stereocenters. The van der Waals surface area contributed by atoms with E-state index in [1.54, 1.807) is 29.5 Å². The lowest BCUT2D eigenvalue weighted by atomic mass is 10.1. The maximum absolute atomic E-state index is 12.6. The van der Waals surface area contributed by atoms with Gasteiger partial charge in [-0.2, -0.15) is 0 Å². The molecule has 1 amide bonds. The highest BCUT2D eigenvalue weighted by Gasteiger charge is 2.19. The SMILES string of the molecule is CN1CCN(C(=O)Cc2ccc(-c3cc4ncnc(Nc5cccc(O)c5)c4s3)cc2)CC1. The first-order chi connectivity index (χ1) is 16.0. The average Bonchev–Trinajstić information content (AvgIpc) is 3.25. The average molecular weight is 460 g/mol. The van der Waals surface area contributed by atoms with Crippen LogP contribution in [0.4, 0.5) is 11.5 Å². The van der Waals surface area contributed by atoms with E-state index in [1.165, 1.54) is 6.33 Å². The molecule has 0 unspecified atom stereocenters. The highest BCUT2D eigenvalue weighted by Crippen LogP contribution is 2.36. The number of amides is 1. The van der Waals surface area contributed by atoms with Gasteiger partial charge in [0.2, 0.25) is 5.91 Å². The van der Waals surface area contributed by atoms with Crippen molar-refractivity contribution in [2.75, 3.05) is 38.5 Å². The first-order valence-corrected chi connectivity index (χ1v) is 11.7. The molecule has 1 fully saturated rings. The van der Waals surface area contributed by atoms with Crippen LogP contribution < -0.4 is 5.32 Å². The van der Waals surface area contributed by atoms with E-state index in [0.29, 0.717) is 12.2 Å². The van der Waals surface area contributed by atoms with Crippen LogP contribution in [0.5, 0.6) is 5.75 Å². The first kappa shape index (κ1) is 21.4. The number of nitrogens with zero attached hydrogens (tertiary/aromatic N) is 4. The molecule has 1 saturated heterocycles. The van der Waals surface area contributed by atoms with Crippen LogP contribution in [-0.2, 0) is 11.2 Å². The summed E-state index contributed by atoms with van der Waals surface area (Å²) in [5.74, 6) is 1.09. The van der Waals surface area contributed by atoms with Gasteiger partial charge in [-0.3, -0.25) is 4.79 Å². The van der Waals surface area contributed by atoms with Crippen molar-refractivity contribution < 1.29 is 9.90 Å². The van der Waals surface area contributed by atoms with Gasteiger partial charge in [-0.1, -0.05) is 30.3 Å². The number of anilines is 2. The molecule has 0 saturated carbocycles. The molecular weight excluding hydrogens is 434 g/mol. The molecular formula is C25H25N5O2S. The van der Waals surface area contributed by atoms with Crippen molar-refractivity contribution in [3.63, 3.8) is 0 Å². The summed E-state index contributed by atoms with van der Waals surface area (Å²) in [6.07, 6.45) is 1.97. The number of hydrogen-bond donors (Lipinski definition) is 2. The number of aromatic hydroxyl groups is 1. The summed E-state index contributed by atoms with van der Waals surface area (Å²) in [4.78, 5) is 26.7. The van der Waals surface area contributed by atoms with Gasteiger partial charge in [0.25, 0.3) is 0 Å². The maximum atomic E-state index is 12.6. The summed E-state index contributed by atoms with van der Waals surface area (Å²) in [5, 5.41) is 13.0. The normalized spacial score (nSPS) is 14.5. The number of rotatable bonds is 5. The van der Waals surface area contributed by atoms with Crippen LogP contribution in [0, 0.1) is 0 Å². The number of phenols is 1. The lowest BCUT2D eigenvalue weighted by molar-refractivity contribution is -0.132. The van der Waals surface area contributed by atoms with Crippen molar-refractivity contribution in [3.05, 3.63) is 66.5 Å². The van der Waals surface area contributed by atoms with Crippen molar-refractivity contribution >= 4 is 39.0 Å². The molecule has 2 aromatic heterocycles.